The summed E-state index contributed by atoms with van der Waals surface area (Å²) < 4.78 is 33.6. The van der Waals surface area contributed by atoms with Gasteiger partial charge >= 0.3 is 0 Å². The lowest BCUT2D eigenvalue weighted by molar-refractivity contribution is -0.0672. The summed E-state index contributed by atoms with van der Waals surface area (Å²) in [5.74, 6) is -0.222. The minimum absolute atomic E-state index is 0.110. The van der Waals surface area contributed by atoms with Gasteiger partial charge in [0.2, 0.25) is 0 Å². The van der Waals surface area contributed by atoms with Crippen molar-refractivity contribution in [2.45, 2.75) is 44.8 Å². The van der Waals surface area contributed by atoms with Crippen molar-refractivity contribution in [2.75, 3.05) is 30.9 Å². The first kappa shape index (κ1) is 23.2. The van der Waals surface area contributed by atoms with Crippen molar-refractivity contribution in [3.63, 3.8) is 0 Å². The van der Waals surface area contributed by atoms with E-state index in [1.807, 2.05) is 33.8 Å². The largest absolute Gasteiger partial charge is 0.373 e. The van der Waals surface area contributed by atoms with Crippen LogP contribution in [0.3, 0.4) is 0 Å². The number of nitrogens with one attached hydrogen (secondary N) is 2. The summed E-state index contributed by atoms with van der Waals surface area (Å²) in [5.41, 5.74) is 3.04. The molecule has 1 fully saturated rings. The van der Waals surface area contributed by atoms with Gasteiger partial charge in [0.05, 0.1) is 17.1 Å². The number of hydrogen-bond donors (Lipinski definition) is 2. The van der Waals surface area contributed by atoms with Crippen molar-refractivity contribution < 1.29 is 17.9 Å². The van der Waals surface area contributed by atoms with Gasteiger partial charge in [0, 0.05) is 37.4 Å². The Morgan fingerprint density at radius 1 is 1.03 bits per heavy atom. The van der Waals surface area contributed by atoms with Crippen LogP contribution in [0.15, 0.2) is 47.4 Å². The first-order chi connectivity index (χ1) is 14.6. The molecule has 0 bridgehead atoms. The van der Waals surface area contributed by atoms with E-state index in [1.54, 1.807) is 12.1 Å². The number of hydrogen-bond acceptors (Lipinski definition) is 5. The molecule has 1 saturated heterocycles. The topological polar surface area (TPSA) is 87.7 Å². The smallest absolute Gasteiger partial charge is 0.261 e. The highest BCUT2D eigenvalue weighted by molar-refractivity contribution is 7.92. The molecule has 2 aromatic rings. The Hall–Kier alpha value is -2.42. The first-order valence-corrected chi connectivity index (χ1v) is 12.0. The molecule has 3 rings (SSSR count). The maximum Gasteiger partial charge on any atom is 0.261 e. The Bertz CT molecular complexity index is 1010. The summed E-state index contributed by atoms with van der Waals surface area (Å²) in [5, 5.41) is 2.90. The molecule has 1 amide bonds. The Morgan fingerprint density at radius 2 is 1.68 bits per heavy atom. The van der Waals surface area contributed by atoms with Crippen LogP contribution in [-0.4, -0.2) is 57.6 Å². The van der Waals surface area contributed by atoms with E-state index < -0.39 is 10.0 Å². The van der Waals surface area contributed by atoms with E-state index >= 15 is 0 Å². The third-order valence-corrected chi connectivity index (χ3v) is 6.79. The second-order valence-corrected chi connectivity index (χ2v) is 9.88. The van der Waals surface area contributed by atoms with E-state index in [0.717, 1.165) is 30.8 Å². The minimum atomic E-state index is -3.73. The van der Waals surface area contributed by atoms with E-state index in [0.29, 0.717) is 17.8 Å². The molecule has 7 nitrogen and oxygen atoms in total. The van der Waals surface area contributed by atoms with Crippen LogP contribution in [-0.2, 0) is 14.8 Å². The number of benzene rings is 2. The first-order valence-electron chi connectivity index (χ1n) is 10.5. The van der Waals surface area contributed by atoms with Gasteiger partial charge in [-0.2, -0.15) is 0 Å². The van der Waals surface area contributed by atoms with Gasteiger partial charge in [0.15, 0.2) is 0 Å². The zero-order chi connectivity index (χ0) is 22.6. The molecule has 2 aromatic carbocycles. The van der Waals surface area contributed by atoms with Crippen molar-refractivity contribution >= 4 is 21.6 Å². The lowest BCUT2D eigenvalue weighted by Crippen LogP contribution is -2.47. The van der Waals surface area contributed by atoms with Crippen molar-refractivity contribution in [2.24, 2.45) is 0 Å². The molecule has 0 radical (unpaired) electrons. The zero-order valence-corrected chi connectivity index (χ0v) is 19.3. The highest BCUT2D eigenvalue weighted by Gasteiger charge is 2.22. The molecule has 0 spiro atoms. The number of carbonyl (C=O) groups excluding carboxylic acids is 1. The molecule has 2 unspecified atom stereocenters. The molecule has 8 heteroatoms. The molecular formula is C23H31N3O4S. The Balaban J connectivity index is 1.56. The maximum absolute atomic E-state index is 12.7. The van der Waals surface area contributed by atoms with Crippen LogP contribution in [0, 0.1) is 13.8 Å². The van der Waals surface area contributed by atoms with Crippen LogP contribution in [0.4, 0.5) is 5.69 Å². The average molecular weight is 446 g/mol. The zero-order valence-electron chi connectivity index (χ0n) is 18.5. The predicted molar refractivity (Wildman–Crippen MR) is 122 cm³/mol. The fraction of sp³-hybridized carbons (Fsp3) is 0.435. The van der Waals surface area contributed by atoms with Gasteiger partial charge in [-0.3, -0.25) is 14.4 Å². The van der Waals surface area contributed by atoms with Crippen LogP contribution < -0.4 is 10.0 Å². The molecule has 168 valence electrons. The molecule has 2 atom stereocenters. The predicted octanol–water partition coefficient (Wildman–Crippen LogP) is 2.94. The standard InChI is InChI=1S/C23H31N3O4S/c1-16-5-8-21(13-17(16)2)25-31(28,29)22-9-6-20(7-10-22)23(27)24-11-12-26-14-18(3)30-19(4)15-26/h5-10,13,18-19,25H,11-12,14-15H2,1-4H3,(H,24,27). The number of amides is 1. The van der Waals surface area contributed by atoms with E-state index in [4.69, 9.17) is 4.74 Å². The third kappa shape index (κ3) is 6.29. The lowest BCUT2D eigenvalue weighted by atomic mass is 10.1. The summed E-state index contributed by atoms with van der Waals surface area (Å²) in [6.07, 6.45) is 0.373. The summed E-state index contributed by atoms with van der Waals surface area (Å²) in [6, 6.07) is 11.4. The Morgan fingerprint density at radius 3 is 2.29 bits per heavy atom. The SMILES string of the molecule is Cc1ccc(NS(=O)(=O)c2ccc(C(=O)NCCN3CC(C)OC(C)C3)cc2)cc1C. The molecule has 0 saturated carbocycles. The second kappa shape index (κ2) is 9.80. The van der Waals surface area contributed by atoms with E-state index in [-0.39, 0.29) is 23.0 Å². The van der Waals surface area contributed by atoms with E-state index in [2.05, 4.69) is 14.9 Å². The number of sulfonamides is 1. The quantitative estimate of drug-likeness (QED) is 0.684. The van der Waals surface area contributed by atoms with Crippen molar-refractivity contribution in [1.82, 2.24) is 10.2 Å². The average Bonchev–Trinajstić information content (AvgIpc) is 2.70. The monoisotopic (exact) mass is 445 g/mol. The highest BCUT2D eigenvalue weighted by Crippen LogP contribution is 2.19. The van der Waals surface area contributed by atoms with Crippen molar-refractivity contribution in [3.05, 3.63) is 59.2 Å². The molecule has 0 aliphatic carbocycles. The fourth-order valence-electron chi connectivity index (χ4n) is 3.70. The summed E-state index contributed by atoms with van der Waals surface area (Å²) in [7, 11) is -3.73. The van der Waals surface area contributed by atoms with Crippen LogP contribution in [0.5, 0.6) is 0 Å². The lowest BCUT2D eigenvalue weighted by Gasteiger charge is -2.35. The van der Waals surface area contributed by atoms with Crippen LogP contribution in [0.1, 0.15) is 35.3 Å². The van der Waals surface area contributed by atoms with Crippen molar-refractivity contribution in [3.8, 4) is 0 Å². The van der Waals surface area contributed by atoms with Crippen LogP contribution >= 0.6 is 0 Å². The number of anilines is 1. The van der Waals surface area contributed by atoms with Crippen LogP contribution in [0.2, 0.25) is 0 Å². The fourth-order valence-corrected chi connectivity index (χ4v) is 4.75. The van der Waals surface area contributed by atoms with Gasteiger partial charge in [-0.25, -0.2) is 8.42 Å². The van der Waals surface area contributed by atoms with Gasteiger partial charge in [0.25, 0.3) is 15.9 Å². The molecule has 0 aromatic heterocycles. The van der Waals surface area contributed by atoms with Gasteiger partial charge in [-0.05, 0) is 75.2 Å². The summed E-state index contributed by atoms with van der Waals surface area (Å²) >= 11 is 0. The van der Waals surface area contributed by atoms with Crippen molar-refractivity contribution in [1.29, 1.82) is 0 Å². The van der Waals surface area contributed by atoms with Gasteiger partial charge in [0.1, 0.15) is 0 Å². The summed E-state index contributed by atoms with van der Waals surface area (Å²) in [4.78, 5) is 14.8. The highest BCUT2D eigenvalue weighted by atomic mass is 32.2. The van der Waals surface area contributed by atoms with Gasteiger partial charge in [-0.15, -0.1) is 0 Å². The summed E-state index contributed by atoms with van der Waals surface area (Å²) in [6.45, 7) is 11.0. The molecule has 1 aliphatic heterocycles. The molecule has 1 aliphatic rings. The van der Waals surface area contributed by atoms with Gasteiger partial charge in [-0.1, -0.05) is 6.07 Å². The molecule has 2 N–H and O–H groups in total. The number of nitrogens with zero attached hydrogens (tertiary/aromatic N) is 1. The number of ether oxygens (including phenoxy) is 1. The Kier molecular flexibility index (Phi) is 7.35. The molecule has 31 heavy (non-hydrogen) atoms. The number of rotatable bonds is 7. The number of carbonyl (C=O) groups is 1. The molecule has 1 heterocycles. The third-order valence-electron chi connectivity index (χ3n) is 5.39. The van der Waals surface area contributed by atoms with Gasteiger partial charge < -0.3 is 10.1 Å². The number of morpholine rings is 1. The normalized spacial score (nSPS) is 19.7. The van der Waals surface area contributed by atoms with E-state index in [9.17, 15) is 13.2 Å². The van der Waals surface area contributed by atoms with E-state index in [1.165, 1.54) is 24.3 Å². The van der Waals surface area contributed by atoms with Crippen LogP contribution in [0.25, 0.3) is 0 Å². The minimum Gasteiger partial charge on any atom is -0.373 e. The Labute approximate surface area is 184 Å². The second-order valence-electron chi connectivity index (χ2n) is 8.20. The maximum atomic E-state index is 12.7. The number of aryl methyl sites for hydroxylation is 2. The molecular weight excluding hydrogens is 414 g/mol.